The fourth-order valence-corrected chi connectivity index (χ4v) is 2.92. The van der Waals surface area contributed by atoms with E-state index in [0.29, 0.717) is 12.1 Å². The maximum Gasteiger partial charge on any atom is 0.0406 e. The number of halogens is 1. The highest BCUT2D eigenvalue weighted by atomic mass is 35.5. The molecule has 18 heavy (non-hydrogen) atoms. The largest absolute Gasteiger partial charge is 0.326 e. The lowest BCUT2D eigenvalue weighted by Crippen LogP contribution is -2.49. The van der Waals surface area contributed by atoms with E-state index >= 15 is 0 Å². The number of nitrogens with two attached hydrogens (primary N) is 1. The van der Waals surface area contributed by atoms with Crippen molar-refractivity contribution < 1.29 is 0 Å². The molecule has 2 rings (SSSR count). The summed E-state index contributed by atoms with van der Waals surface area (Å²) in [7, 11) is 0. The Kier molecular flexibility index (Phi) is 5.04. The normalized spacial score (nSPS) is 22.9. The van der Waals surface area contributed by atoms with E-state index in [9.17, 15) is 0 Å². The lowest BCUT2D eigenvalue weighted by Gasteiger charge is -2.39. The number of benzene rings is 1. The molecule has 2 unspecified atom stereocenters. The first kappa shape index (κ1) is 13.9. The number of hydrogen-bond donors (Lipinski definition) is 1. The summed E-state index contributed by atoms with van der Waals surface area (Å²) in [5.74, 6) is 0. The zero-order chi connectivity index (χ0) is 13.0. The average molecular weight is 267 g/mol. The Hall–Kier alpha value is -0.570. The molecule has 1 aromatic carbocycles. The number of nitrogens with zero attached hydrogens (tertiary/aromatic N) is 1. The van der Waals surface area contributed by atoms with Crippen molar-refractivity contribution in [2.24, 2.45) is 5.73 Å². The van der Waals surface area contributed by atoms with Crippen LogP contribution in [0.5, 0.6) is 0 Å². The molecule has 0 spiro atoms. The van der Waals surface area contributed by atoms with Gasteiger partial charge in [-0.15, -0.1) is 0 Å². The summed E-state index contributed by atoms with van der Waals surface area (Å²) in [6, 6.07) is 9.01. The molecule has 100 valence electrons. The van der Waals surface area contributed by atoms with E-state index in [1.54, 1.807) is 0 Å². The van der Waals surface area contributed by atoms with Crippen LogP contribution >= 0.6 is 11.6 Å². The van der Waals surface area contributed by atoms with Crippen LogP contribution in [0, 0.1) is 0 Å². The van der Waals surface area contributed by atoms with Crippen molar-refractivity contribution in [2.75, 3.05) is 6.54 Å². The van der Waals surface area contributed by atoms with Gasteiger partial charge in [0.1, 0.15) is 0 Å². The molecule has 2 nitrogen and oxygen atoms in total. The minimum atomic E-state index is 0.303. The number of likely N-dealkylation sites (tertiary alicyclic amines) is 1. The molecule has 2 N–H and O–H groups in total. The molecule has 1 fully saturated rings. The second-order valence-corrected chi connectivity index (χ2v) is 5.67. The molecule has 2 atom stereocenters. The third-order valence-corrected chi connectivity index (χ3v) is 4.18. The predicted molar refractivity (Wildman–Crippen MR) is 77.8 cm³/mol. The van der Waals surface area contributed by atoms with Gasteiger partial charge in [0.25, 0.3) is 0 Å². The van der Waals surface area contributed by atoms with Crippen LogP contribution in [0.3, 0.4) is 0 Å². The Morgan fingerprint density at radius 2 is 2.06 bits per heavy atom. The summed E-state index contributed by atoms with van der Waals surface area (Å²) in [6.45, 7) is 4.34. The smallest absolute Gasteiger partial charge is 0.0406 e. The third kappa shape index (κ3) is 3.47. The van der Waals surface area contributed by atoms with E-state index in [2.05, 4.69) is 24.0 Å². The fraction of sp³-hybridized carbons (Fsp3) is 0.600. The molecule has 0 saturated carbocycles. The van der Waals surface area contributed by atoms with Gasteiger partial charge in [-0.3, -0.25) is 4.90 Å². The Labute approximate surface area is 115 Å². The monoisotopic (exact) mass is 266 g/mol. The van der Waals surface area contributed by atoms with E-state index in [1.807, 2.05) is 12.1 Å². The Balaban J connectivity index is 2.03. The highest BCUT2D eigenvalue weighted by Crippen LogP contribution is 2.23. The SMILES string of the molecule is CCC(N)C1CCCCN1Cc1ccc(Cl)cc1. The quantitative estimate of drug-likeness (QED) is 0.905. The molecular weight excluding hydrogens is 244 g/mol. The minimum Gasteiger partial charge on any atom is -0.326 e. The van der Waals surface area contributed by atoms with Crippen LogP contribution in [0.2, 0.25) is 5.02 Å². The lowest BCUT2D eigenvalue weighted by atomic mass is 9.94. The standard InChI is InChI=1S/C15H23ClN2/c1-2-14(17)15-5-3-4-10-18(15)11-12-6-8-13(16)9-7-12/h6-9,14-15H,2-5,10-11,17H2,1H3. The van der Waals surface area contributed by atoms with Crippen LogP contribution in [-0.4, -0.2) is 23.5 Å². The van der Waals surface area contributed by atoms with Crippen LogP contribution in [0.15, 0.2) is 24.3 Å². The zero-order valence-electron chi connectivity index (χ0n) is 11.1. The first-order valence-electron chi connectivity index (χ1n) is 6.94. The molecule has 1 aromatic rings. The van der Waals surface area contributed by atoms with E-state index in [1.165, 1.54) is 31.4 Å². The van der Waals surface area contributed by atoms with E-state index in [4.69, 9.17) is 17.3 Å². The van der Waals surface area contributed by atoms with Gasteiger partial charge in [0.2, 0.25) is 0 Å². The van der Waals surface area contributed by atoms with Crippen molar-refractivity contribution in [3.63, 3.8) is 0 Å². The summed E-state index contributed by atoms with van der Waals surface area (Å²) >= 11 is 5.92. The predicted octanol–water partition coefficient (Wildman–Crippen LogP) is 3.43. The van der Waals surface area contributed by atoms with Gasteiger partial charge in [-0.1, -0.05) is 37.1 Å². The first-order chi connectivity index (χ1) is 8.70. The molecule has 1 aliphatic rings. The van der Waals surface area contributed by atoms with Crippen LogP contribution in [-0.2, 0) is 6.54 Å². The fourth-order valence-electron chi connectivity index (χ4n) is 2.79. The molecule has 0 aliphatic carbocycles. The third-order valence-electron chi connectivity index (χ3n) is 3.93. The zero-order valence-corrected chi connectivity index (χ0v) is 11.9. The molecule has 3 heteroatoms. The van der Waals surface area contributed by atoms with Gasteiger partial charge in [-0.05, 0) is 43.5 Å². The molecular formula is C15H23ClN2. The van der Waals surface area contributed by atoms with Crippen molar-refractivity contribution in [3.05, 3.63) is 34.9 Å². The highest BCUT2D eigenvalue weighted by Gasteiger charge is 2.26. The van der Waals surface area contributed by atoms with Crippen molar-refractivity contribution in [2.45, 2.75) is 51.2 Å². The Bertz CT molecular complexity index is 363. The summed E-state index contributed by atoms with van der Waals surface area (Å²) < 4.78 is 0. The lowest BCUT2D eigenvalue weighted by molar-refractivity contribution is 0.117. The van der Waals surface area contributed by atoms with Gasteiger partial charge in [-0.25, -0.2) is 0 Å². The second-order valence-electron chi connectivity index (χ2n) is 5.23. The molecule has 0 aromatic heterocycles. The van der Waals surface area contributed by atoms with Crippen molar-refractivity contribution in [1.82, 2.24) is 4.90 Å². The minimum absolute atomic E-state index is 0.303. The van der Waals surface area contributed by atoms with Gasteiger partial charge in [0.15, 0.2) is 0 Å². The summed E-state index contributed by atoms with van der Waals surface area (Å²) in [5, 5.41) is 0.805. The van der Waals surface area contributed by atoms with Crippen molar-refractivity contribution >= 4 is 11.6 Å². The summed E-state index contributed by atoms with van der Waals surface area (Å²) in [4.78, 5) is 2.54. The van der Waals surface area contributed by atoms with Gasteiger partial charge in [0.05, 0.1) is 0 Å². The van der Waals surface area contributed by atoms with E-state index in [-0.39, 0.29) is 0 Å². The number of rotatable bonds is 4. The van der Waals surface area contributed by atoms with Crippen molar-refractivity contribution in [1.29, 1.82) is 0 Å². The number of piperidine rings is 1. The van der Waals surface area contributed by atoms with Gasteiger partial charge < -0.3 is 5.73 Å². The molecule has 0 bridgehead atoms. The second kappa shape index (κ2) is 6.55. The topological polar surface area (TPSA) is 29.3 Å². The van der Waals surface area contributed by atoms with Gasteiger partial charge in [0, 0.05) is 23.7 Å². The Morgan fingerprint density at radius 3 is 2.72 bits per heavy atom. The summed E-state index contributed by atoms with van der Waals surface area (Å²) in [5.41, 5.74) is 7.58. The van der Waals surface area contributed by atoms with Gasteiger partial charge in [-0.2, -0.15) is 0 Å². The maximum absolute atomic E-state index is 6.25. The average Bonchev–Trinajstić information content (AvgIpc) is 2.41. The first-order valence-corrected chi connectivity index (χ1v) is 7.32. The van der Waals surface area contributed by atoms with E-state index < -0.39 is 0 Å². The highest BCUT2D eigenvalue weighted by molar-refractivity contribution is 6.30. The number of hydrogen-bond acceptors (Lipinski definition) is 2. The molecule has 1 saturated heterocycles. The molecule has 0 radical (unpaired) electrons. The van der Waals surface area contributed by atoms with Crippen molar-refractivity contribution in [3.8, 4) is 0 Å². The summed E-state index contributed by atoms with van der Waals surface area (Å²) in [6.07, 6.45) is 4.90. The molecule has 0 amide bonds. The van der Waals surface area contributed by atoms with Crippen LogP contribution in [0.4, 0.5) is 0 Å². The van der Waals surface area contributed by atoms with Crippen LogP contribution in [0.1, 0.15) is 38.2 Å². The maximum atomic E-state index is 6.25. The van der Waals surface area contributed by atoms with Crippen LogP contribution in [0.25, 0.3) is 0 Å². The van der Waals surface area contributed by atoms with E-state index in [0.717, 1.165) is 18.0 Å². The Morgan fingerprint density at radius 1 is 1.33 bits per heavy atom. The molecule has 1 aliphatic heterocycles. The molecule has 1 heterocycles. The van der Waals surface area contributed by atoms with Crippen LogP contribution < -0.4 is 5.73 Å². The van der Waals surface area contributed by atoms with Gasteiger partial charge >= 0.3 is 0 Å².